The second-order valence-electron chi connectivity index (χ2n) is 7.45. The summed E-state index contributed by atoms with van der Waals surface area (Å²) in [6, 6.07) is 6.56. The highest BCUT2D eigenvalue weighted by molar-refractivity contribution is 5.87. The number of aryl methyl sites for hydroxylation is 1. The van der Waals surface area contributed by atoms with E-state index in [0.717, 1.165) is 48.3 Å². The second-order valence-corrected chi connectivity index (χ2v) is 7.45. The Balaban J connectivity index is 1.36. The number of aromatic amines is 1. The number of aromatic nitrogens is 3. The van der Waals surface area contributed by atoms with Crippen LogP contribution in [0.5, 0.6) is 0 Å². The minimum Gasteiger partial charge on any atom is -0.378 e. The lowest BCUT2D eigenvalue weighted by Gasteiger charge is -2.33. The Morgan fingerprint density at radius 3 is 3.14 bits per heavy atom. The molecule has 1 fully saturated rings. The van der Waals surface area contributed by atoms with Gasteiger partial charge in [0.1, 0.15) is 23.6 Å². The molecule has 1 aliphatic heterocycles. The van der Waals surface area contributed by atoms with Crippen molar-refractivity contribution >= 4 is 28.3 Å². The van der Waals surface area contributed by atoms with Gasteiger partial charge in [-0.2, -0.15) is 0 Å². The zero-order valence-corrected chi connectivity index (χ0v) is 15.9. The Hall–Kier alpha value is -2.96. The summed E-state index contributed by atoms with van der Waals surface area (Å²) in [5.41, 5.74) is 2.43. The molecule has 2 aromatic heterocycles. The molecule has 28 heavy (non-hydrogen) atoms. The Labute approximate surface area is 163 Å². The molecule has 0 radical (unpaired) electrons. The third kappa shape index (κ3) is 3.98. The van der Waals surface area contributed by atoms with E-state index in [0.29, 0.717) is 18.0 Å². The van der Waals surface area contributed by atoms with Crippen molar-refractivity contribution in [3.05, 3.63) is 48.2 Å². The topological polar surface area (TPSA) is 73.9 Å². The molecule has 3 heterocycles. The molecule has 2 N–H and O–H groups in total. The molecule has 0 saturated carbocycles. The van der Waals surface area contributed by atoms with E-state index in [1.165, 1.54) is 12.1 Å². The molecule has 1 saturated heterocycles. The van der Waals surface area contributed by atoms with Crippen molar-refractivity contribution in [3.8, 4) is 0 Å². The van der Waals surface area contributed by atoms with Crippen molar-refractivity contribution in [1.82, 2.24) is 15.0 Å². The van der Waals surface area contributed by atoms with Crippen LogP contribution in [-0.4, -0.2) is 40.4 Å². The number of piperidine rings is 1. The number of nitrogens with one attached hydrogen (secondary N) is 2. The minimum atomic E-state index is -0.301. The molecule has 146 valence electrons. The van der Waals surface area contributed by atoms with Crippen molar-refractivity contribution < 1.29 is 9.18 Å². The van der Waals surface area contributed by atoms with Crippen LogP contribution in [-0.2, 0) is 4.79 Å². The van der Waals surface area contributed by atoms with Gasteiger partial charge in [0.15, 0.2) is 5.78 Å². The van der Waals surface area contributed by atoms with E-state index in [1.807, 2.05) is 19.2 Å². The van der Waals surface area contributed by atoms with Crippen molar-refractivity contribution in [1.29, 1.82) is 0 Å². The van der Waals surface area contributed by atoms with Crippen molar-refractivity contribution in [2.75, 3.05) is 29.9 Å². The first-order valence-corrected chi connectivity index (χ1v) is 9.65. The number of nitrogens with zero attached hydrogens (tertiary/aromatic N) is 3. The molecular weight excluding hydrogens is 357 g/mol. The van der Waals surface area contributed by atoms with Crippen molar-refractivity contribution in [2.24, 2.45) is 5.92 Å². The monoisotopic (exact) mass is 381 g/mol. The van der Waals surface area contributed by atoms with Crippen LogP contribution < -0.4 is 10.2 Å². The Morgan fingerprint density at radius 1 is 1.36 bits per heavy atom. The fourth-order valence-electron chi connectivity index (χ4n) is 3.91. The number of carbonyl (C=O) groups is 1. The van der Waals surface area contributed by atoms with Gasteiger partial charge in [-0.05, 0) is 49.4 Å². The van der Waals surface area contributed by atoms with Crippen LogP contribution in [0, 0.1) is 18.7 Å². The predicted molar refractivity (Wildman–Crippen MR) is 108 cm³/mol. The van der Waals surface area contributed by atoms with Gasteiger partial charge < -0.3 is 15.2 Å². The lowest BCUT2D eigenvalue weighted by Crippen LogP contribution is -2.37. The van der Waals surface area contributed by atoms with Crippen LogP contribution >= 0.6 is 0 Å². The maximum absolute atomic E-state index is 13.4. The van der Waals surface area contributed by atoms with E-state index in [2.05, 4.69) is 25.2 Å². The number of Topliss-reactive ketones (excluding diaryl/α,β-unsaturated/α-hetero) is 1. The number of hydrogen-bond donors (Lipinski definition) is 2. The maximum atomic E-state index is 13.4. The molecule has 0 spiro atoms. The zero-order valence-electron chi connectivity index (χ0n) is 15.9. The number of hydrogen-bond acceptors (Lipinski definition) is 5. The van der Waals surface area contributed by atoms with Crippen LogP contribution in [0.2, 0.25) is 0 Å². The average molecular weight is 381 g/mol. The Bertz CT molecular complexity index is 986. The number of carbonyl (C=O) groups excluding carboxylic acids is 1. The summed E-state index contributed by atoms with van der Waals surface area (Å²) in [7, 11) is 0. The molecule has 0 unspecified atom stereocenters. The standard InChI is InChI=1S/C21H24FN5O/c1-14-4-5-16(22)10-19(14)24-11-17(28)9-15-3-2-8-27(12-15)21-18-6-7-23-20(18)25-13-26-21/h4-7,10,13,15,24H,2-3,8-9,11-12H2,1H3,(H,23,25,26)/t15-/m0/s1. The number of ketones is 1. The Morgan fingerprint density at radius 2 is 2.25 bits per heavy atom. The molecule has 1 atom stereocenters. The summed E-state index contributed by atoms with van der Waals surface area (Å²) in [5, 5.41) is 4.09. The molecule has 4 rings (SSSR count). The number of fused-ring (bicyclic) bond motifs is 1. The van der Waals surface area contributed by atoms with Gasteiger partial charge >= 0.3 is 0 Å². The van der Waals surface area contributed by atoms with Crippen molar-refractivity contribution in [2.45, 2.75) is 26.2 Å². The number of anilines is 2. The van der Waals surface area contributed by atoms with Crippen LogP contribution in [0.25, 0.3) is 11.0 Å². The van der Waals surface area contributed by atoms with Gasteiger partial charge in [-0.1, -0.05) is 6.07 Å². The molecule has 1 aromatic carbocycles. The average Bonchev–Trinajstić information content (AvgIpc) is 3.18. The summed E-state index contributed by atoms with van der Waals surface area (Å²) < 4.78 is 13.4. The highest BCUT2D eigenvalue weighted by atomic mass is 19.1. The van der Waals surface area contributed by atoms with E-state index in [4.69, 9.17) is 0 Å². The van der Waals surface area contributed by atoms with Gasteiger partial charge in [-0.15, -0.1) is 0 Å². The quantitative estimate of drug-likeness (QED) is 0.681. The molecule has 0 aliphatic carbocycles. The van der Waals surface area contributed by atoms with E-state index in [9.17, 15) is 9.18 Å². The number of H-pyrrole nitrogens is 1. The van der Waals surface area contributed by atoms with Crippen molar-refractivity contribution in [3.63, 3.8) is 0 Å². The van der Waals surface area contributed by atoms with Gasteiger partial charge in [0.05, 0.1) is 11.9 Å². The SMILES string of the molecule is Cc1ccc(F)cc1NCC(=O)C[C@@H]1CCCN(c2ncnc3[nH]ccc23)C1. The van der Waals surface area contributed by atoms with Gasteiger partial charge in [-0.25, -0.2) is 14.4 Å². The van der Waals surface area contributed by atoms with Gasteiger partial charge in [0.2, 0.25) is 0 Å². The Kier molecular flexibility index (Phi) is 5.23. The first kappa shape index (κ1) is 18.4. The van der Waals surface area contributed by atoms with Crippen LogP contribution in [0.3, 0.4) is 0 Å². The fraction of sp³-hybridized carbons (Fsp3) is 0.381. The molecule has 7 heteroatoms. The summed E-state index contributed by atoms with van der Waals surface area (Å²) in [6.07, 6.45) is 6.02. The molecule has 0 amide bonds. The first-order valence-electron chi connectivity index (χ1n) is 9.65. The van der Waals surface area contributed by atoms with Gasteiger partial charge in [0.25, 0.3) is 0 Å². The minimum absolute atomic E-state index is 0.144. The molecular formula is C21H24FN5O. The van der Waals surface area contributed by atoms with Crippen LogP contribution in [0.15, 0.2) is 36.8 Å². The summed E-state index contributed by atoms with van der Waals surface area (Å²) in [4.78, 5) is 26.6. The third-order valence-corrected chi connectivity index (χ3v) is 5.34. The zero-order chi connectivity index (χ0) is 19.5. The normalized spacial score (nSPS) is 17.1. The van der Waals surface area contributed by atoms with Crippen LogP contribution in [0.4, 0.5) is 15.9 Å². The second kappa shape index (κ2) is 7.96. The molecule has 3 aromatic rings. The molecule has 6 nitrogen and oxygen atoms in total. The molecule has 0 bridgehead atoms. The van der Waals surface area contributed by atoms with Gasteiger partial charge in [0, 0.05) is 31.4 Å². The third-order valence-electron chi connectivity index (χ3n) is 5.34. The highest BCUT2D eigenvalue weighted by Crippen LogP contribution is 2.28. The first-order chi connectivity index (χ1) is 13.6. The summed E-state index contributed by atoms with van der Waals surface area (Å²) >= 11 is 0. The summed E-state index contributed by atoms with van der Waals surface area (Å²) in [6.45, 7) is 3.86. The summed E-state index contributed by atoms with van der Waals surface area (Å²) in [5.74, 6) is 1.06. The van der Waals surface area contributed by atoms with Gasteiger partial charge in [-0.3, -0.25) is 4.79 Å². The number of rotatable bonds is 6. The van der Waals surface area contributed by atoms with E-state index >= 15 is 0 Å². The fourth-order valence-corrected chi connectivity index (χ4v) is 3.91. The lowest BCUT2D eigenvalue weighted by atomic mass is 9.92. The highest BCUT2D eigenvalue weighted by Gasteiger charge is 2.24. The van der Waals surface area contributed by atoms with E-state index < -0.39 is 0 Å². The smallest absolute Gasteiger partial charge is 0.152 e. The number of benzene rings is 1. The lowest BCUT2D eigenvalue weighted by molar-refractivity contribution is -0.118. The van der Waals surface area contributed by atoms with Crippen LogP contribution in [0.1, 0.15) is 24.8 Å². The predicted octanol–water partition coefficient (Wildman–Crippen LogP) is 3.69. The van der Waals surface area contributed by atoms with E-state index in [-0.39, 0.29) is 18.1 Å². The maximum Gasteiger partial charge on any atom is 0.152 e. The molecule has 1 aliphatic rings. The number of halogens is 1. The van der Waals surface area contributed by atoms with E-state index in [1.54, 1.807) is 12.4 Å². The largest absolute Gasteiger partial charge is 0.378 e.